The Morgan fingerprint density at radius 3 is 2.59 bits per heavy atom. The van der Waals surface area contributed by atoms with Crippen molar-refractivity contribution in [3.05, 3.63) is 88.2 Å². The molecule has 2 aliphatic carbocycles. The quantitative estimate of drug-likeness (QED) is 0.195. The molecule has 1 spiro atoms. The summed E-state index contributed by atoms with van der Waals surface area (Å²) in [5, 5.41) is 11.4. The fourth-order valence-corrected chi connectivity index (χ4v) is 8.36. The number of halogens is 1. The van der Waals surface area contributed by atoms with Crippen LogP contribution in [0.2, 0.25) is 5.02 Å². The second kappa shape index (κ2) is 11.6. The van der Waals surface area contributed by atoms with Gasteiger partial charge in [-0.15, -0.1) is 0 Å². The second-order valence-electron chi connectivity index (χ2n) is 13.1. The van der Waals surface area contributed by atoms with Gasteiger partial charge in [-0.25, -0.2) is 9.78 Å². The third kappa shape index (κ3) is 5.25. The number of carboxylic acid groups (broad SMARTS) is 1. The van der Waals surface area contributed by atoms with E-state index in [9.17, 15) is 14.7 Å². The molecule has 3 aliphatic rings. The van der Waals surface area contributed by atoms with E-state index in [0.29, 0.717) is 29.2 Å². The summed E-state index contributed by atoms with van der Waals surface area (Å²) in [5.74, 6) is 1.18. The van der Waals surface area contributed by atoms with E-state index in [1.165, 1.54) is 11.1 Å². The molecule has 228 valence electrons. The van der Waals surface area contributed by atoms with Crippen LogP contribution in [-0.4, -0.2) is 38.4 Å². The largest absolute Gasteiger partial charge is 0.478 e. The van der Waals surface area contributed by atoms with Crippen molar-refractivity contribution in [3.8, 4) is 11.5 Å². The number of nitrogens with zero attached hydrogens (tertiary/aromatic N) is 2. The number of aromatic carboxylic acids is 1. The summed E-state index contributed by atoms with van der Waals surface area (Å²) < 4.78 is 6.07. The van der Waals surface area contributed by atoms with Gasteiger partial charge in [-0.1, -0.05) is 36.6 Å². The van der Waals surface area contributed by atoms with Gasteiger partial charge < -0.3 is 19.7 Å². The van der Waals surface area contributed by atoms with E-state index in [4.69, 9.17) is 16.3 Å². The molecule has 1 aliphatic heterocycles. The Kier molecular flexibility index (Phi) is 7.61. The number of carbonyl (C=O) groups excluding carboxylic acids is 1. The number of aromatic amines is 1. The first-order valence-corrected chi connectivity index (χ1v) is 16.2. The van der Waals surface area contributed by atoms with E-state index < -0.39 is 5.97 Å². The molecule has 3 heterocycles. The summed E-state index contributed by atoms with van der Waals surface area (Å²) >= 11 is 6.29. The minimum absolute atomic E-state index is 0.136. The van der Waals surface area contributed by atoms with Crippen LogP contribution in [0.5, 0.6) is 11.5 Å². The van der Waals surface area contributed by atoms with E-state index >= 15 is 0 Å². The van der Waals surface area contributed by atoms with Gasteiger partial charge >= 0.3 is 5.97 Å². The van der Waals surface area contributed by atoms with Crippen molar-refractivity contribution in [2.45, 2.75) is 70.8 Å². The minimum atomic E-state index is -1.02. The predicted octanol–water partition coefficient (Wildman–Crippen LogP) is 8.51. The first-order chi connectivity index (χ1) is 21.3. The standard InChI is InChI=1S/C36H38ClN3O4/c1-22-16-27(37)9-11-29(22)32-36(13-2-3-14-36)35(43)40(32)21-24-6-4-23(5-7-24)17-25-8-10-30(34(41)42)31(18-25)44-28-19-26-12-15-38-33(26)39-20-28/h8-12,15-16,18-20,23-24,32H,2-7,13-14,17,21H2,1H3,(H,38,39)(H,41,42). The third-order valence-electron chi connectivity index (χ3n) is 10.4. The molecule has 4 aromatic rings. The third-order valence-corrected chi connectivity index (χ3v) is 10.6. The number of hydrogen-bond acceptors (Lipinski definition) is 4. The molecule has 0 bridgehead atoms. The fourth-order valence-electron chi connectivity index (χ4n) is 8.13. The van der Waals surface area contributed by atoms with Crippen LogP contribution in [0.3, 0.4) is 0 Å². The summed E-state index contributed by atoms with van der Waals surface area (Å²) in [7, 11) is 0. The summed E-state index contributed by atoms with van der Waals surface area (Å²) in [6.07, 6.45) is 12.9. The van der Waals surface area contributed by atoms with E-state index in [1.54, 1.807) is 12.3 Å². The lowest BCUT2D eigenvalue weighted by molar-refractivity contribution is -0.175. The van der Waals surface area contributed by atoms with Gasteiger partial charge in [0.05, 0.1) is 17.7 Å². The zero-order valence-electron chi connectivity index (χ0n) is 25.0. The molecule has 2 N–H and O–H groups in total. The van der Waals surface area contributed by atoms with Crippen molar-refractivity contribution >= 4 is 34.5 Å². The topological polar surface area (TPSA) is 95.5 Å². The highest BCUT2D eigenvalue weighted by atomic mass is 35.5. The van der Waals surface area contributed by atoms with Gasteiger partial charge in [0.1, 0.15) is 22.7 Å². The smallest absolute Gasteiger partial charge is 0.339 e. The lowest BCUT2D eigenvalue weighted by Gasteiger charge is -2.56. The highest BCUT2D eigenvalue weighted by Gasteiger charge is 2.61. The van der Waals surface area contributed by atoms with Crippen molar-refractivity contribution in [2.24, 2.45) is 17.3 Å². The highest BCUT2D eigenvalue weighted by Crippen LogP contribution is 2.60. The number of carboxylic acids is 1. The SMILES string of the molecule is Cc1cc(Cl)ccc1C1N(CC2CCC(Cc3ccc(C(=O)O)c(Oc4cnc5[nH]ccc5c4)c3)CC2)C(=O)C12CCCC2. The van der Waals surface area contributed by atoms with Crippen LogP contribution in [0, 0.1) is 24.2 Å². The molecule has 7 rings (SSSR count). The molecule has 2 aromatic carbocycles. The van der Waals surface area contributed by atoms with Gasteiger partial charge in [0.15, 0.2) is 0 Å². The lowest BCUT2D eigenvalue weighted by atomic mass is 9.65. The first kappa shape index (κ1) is 28.9. The van der Waals surface area contributed by atoms with Gasteiger partial charge in [0.2, 0.25) is 5.91 Å². The Hall–Kier alpha value is -3.84. The number of H-pyrrole nitrogens is 1. The number of hydrogen-bond donors (Lipinski definition) is 2. The van der Waals surface area contributed by atoms with Gasteiger partial charge in [-0.2, -0.15) is 0 Å². The number of carbonyl (C=O) groups is 2. The summed E-state index contributed by atoms with van der Waals surface area (Å²) in [6.45, 7) is 2.94. The zero-order valence-corrected chi connectivity index (χ0v) is 25.8. The molecule has 2 aromatic heterocycles. The fraction of sp³-hybridized carbons (Fsp3) is 0.417. The molecule has 3 fully saturated rings. The molecule has 1 atom stereocenters. The Labute approximate surface area is 262 Å². The molecule has 1 saturated heterocycles. The van der Waals surface area contributed by atoms with Crippen LogP contribution >= 0.6 is 11.6 Å². The molecule has 2 saturated carbocycles. The molecule has 8 heteroatoms. The van der Waals surface area contributed by atoms with Crippen LogP contribution in [-0.2, 0) is 11.2 Å². The van der Waals surface area contributed by atoms with Crippen molar-refractivity contribution in [2.75, 3.05) is 6.54 Å². The van der Waals surface area contributed by atoms with Gasteiger partial charge in [0, 0.05) is 23.2 Å². The zero-order chi connectivity index (χ0) is 30.4. The number of β-lactam (4-membered cyclic amide) rings is 1. The van der Waals surface area contributed by atoms with Crippen LogP contribution in [0.15, 0.2) is 60.9 Å². The van der Waals surface area contributed by atoms with E-state index in [2.05, 4.69) is 27.9 Å². The molecule has 0 radical (unpaired) electrons. The van der Waals surface area contributed by atoms with E-state index in [0.717, 1.165) is 86.0 Å². The van der Waals surface area contributed by atoms with Crippen molar-refractivity contribution in [1.29, 1.82) is 0 Å². The Morgan fingerprint density at radius 2 is 1.84 bits per heavy atom. The number of benzene rings is 2. The number of aromatic nitrogens is 2. The highest BCUT2D eigenvalue weighted by molar-refractivity contribution is 6.30. The molecular weight excluding hydrogens is 574 g/mol. The summed E-state index contributed by atoms with van der Waals surface area (Å²) in [6, 6.07) is 15.5. The molecule has 44 heavy (non-hydrogen) atoms. The minimum Gasteiger partial charge on any atom is -0.478 e. The molecular formula is C36H38ClN3O4. The Balaban J connectivity index is 1.01. The number of aryl methyl sites for hydroxylation is 1. The monoisotopic (exact) mass is 611 g/mol. The number of amides is 1. The number of pyridine rings is 1. The van der Waals surface area contributed by atoms with Crippen molar-refractivity contribution in [1.82, 2.24) is 14.9 Å². The molecule has 7 nitrogen and oxygen atoms in total. The maximum Gasteiger partial charge on any atom is 0.339 e. The average molecular weight is 612 g/mol. The molecule has 1 amide bonds. The van der Waals surface area contributed by atoms with Crippen LogP contribution < -0.4 is 4.74 Å². The summed E-state index contributed by atoms with van der Waals surface area (Å²) in [5.41, 5.74) is 4.18. The first-order valence-electron chi connectivity index (χ1n) is 15.8. The number of fused-ring (bicyclic) bond motifs is 1. The lowest BCUT2D eigenvalue weighted by Crippen LogP contribution is -2.63. The van der Waals surface area contributed by atoms with E-state index in [1.807, 2.05) is 42.6 Å². The summed E-state index contributed by atoms with van der Waals surface area (Å²) in [4.78, 5) is 35.2. The Morgan fingerprint density at radius 1 is 1.07 bits per heavy atom. The average Bonchev–Trinajstić information content (AvgIpc) is 3.70. The van der Waals surface area contributed by atoms with Crippen molar-refractivity contribution in [3.63, 3.8) is 0 Å². The molecule has 1 unspecified atom stereocenters. The van der Waals surface area contributed by atoms with Crippen LogP contribution in [0.1, 0.15) is 84.5 Å². The van der Waals surface area contributed by atoms with Crippen molar-refractivity contribution < 1.29 is 19.4 Å². The van der Waals surface area contributed by atoms with Crippen LogP contribution in [0.4, 0.5) is 0 Å². The van der Waals surface area contributed by atoms with Gasteiger partial charge in [-0.05, 0) is 117 Å². The van der Waals surface area contributed by atoms with E-state index in [-0.39, 0.29) is 17.0 Å². The second-order valence-corrected chi connectivity index (χ2v) is 13.6. The number of nitrogens with one attached hydrogen (secondary N) is 1. The predicted molar refractivity (Wildman–Crippen MR) is 170 cm³/mol. The number of rotatable bonds is 8. The number of ether oxygens (including phenoxy) is 1. The van der Waals surface area contributed by atoms with Crippen LogP contribution in [0.25, 0.3) is 11.0 Å². The van der Waals surface area contributed by atoms with Gasteiger partial charge in [-0.3, -0.25) is 4.79 Å². The normalized spacial score (nSPS) is 22.8. The van der Waals surface area contributed by atoms with Gasteiger partial charge in [0.25, 0.3) is 0 Å². The maximum atomic E-state index is 13.7. The maximum absolute atomic E-state index is 13.7. The Bertz CT molecular complexity index is 1720. The number of likely N-dealkylation sites (tertiary alicyclic amines) is 1.